The molecule has 0 aliphatic heterocycles. The summed E-state index contributed by atoms with van der Waals surface area (Å²) in [4.78, 5) is 12.4. The van der Waals surface area contributed by atoms with Crippen molar-refractivity contribution in [2.45, 2.75) is 26.4 Å². The van der Waals surface area contributed by atoms with Crippen molar-refractivity contribution in [2.75, 3.05) is 0 Å². The molecular formula is C18H19N3O. The molecule has 22 heavy (non-hydrogen) atoms. The molecule has 1 N–H and O–H groups in total. The van der Waals surface area contributed by atoms with Crippen molar-refractivity contribution in [3.63, 3.8) is 0 Å². The van der Waals surface area contributed by atoms with Crippen molar-refractivity contribution >= 4 is 16.8 Å². The molecule has 0 saturated carbocycles. The number of benzene rings is 2. The summed E-state index contributed by atoms with van der Waals surface area (Å²) in [6.07, 6.45) is 0. The summed E-state index contributed by atoms with van der Waals surface area (Å²) < 4.78 is 1.80. The third-order valence-electron chi connectivity index (χ3n) is 3.85. The zero-order valence-corrected chi connectivity index (χ0v) is 12.8. The smallest absolute Gasteiger partial charge is 0.244 e. The molecule has 1 amide bonds. The van der Waals surface area contributed by atoms with Gasteiger partial charge in [0.1, 0.15) is 6.04 Å². The predicted octanol–water partition coefficient (Wildman–Crippen LogP) is 3.22. The van der Waals surface area contributed by atoms with E-state index < -0.39 is 0 Å². The van der Waals surface area contributed by atoms with Gasteiger partial charge in [-0.25, -0.2) is 0 Å². The van der Waals surface area contributed by atoms with E-state index in [1.165, 1.54) is 0 Å². The van der Waals surface area contributed by atoms with Crippen molar-refractivity contribution in [2.24, 2.45) is 0 Å². The van der Waals surface area contributed by atoms with Crippen LogP contribution < -0.4 is 5.32 Å². The van der Waals surface area contributed by atoms with Crippen molar-refractivity contribution in [1.29, 1.82) is 0 Å². The Morgan fingerprint density at radius 2 is 1.82 bits per heavy atom. The fraction of sp³-hybridized carbons (Fsp3) is 0.222. The molecule has 2 aromatic carbocycles. The number of rotatable bonds is 4. The maximum absolute atomic E-state index is 12.4. The van der Waals surface area contributed by atoms with Gasteiger partial charge in [0.25, 0.3) is 0 Å². The quantitative estimate of drug-likeness (QED) is 0.803. The monoisotopic (exact) mass is 293 g/mol. The first kappa shape index (κ1) is 14.3. The molecule has 3 aromatic rings. The number of para-hydroxylation sites is 1. The lowest BCUT2D eigenvalue weighted by molar-refractivity contribution is -0.124. The Labute approximate surface area is 129 Å². The Morgan fingerprint density at radius 3 is 2.59 bits per heavy atom. The number of hydrogen-bond donors (Lipinski definition) is 1. The highest BCUT2D eigenvalue weighted by Gasteiger charge is 2.18. The molecule has 3 rings (SSSR count). The minimum absolute atomic E-state index is 0.0305. The van der Waals surface area contributed by atoms with Crippen LogP contribution in [0.3, 0.4) is 0 Å². The van der Waals surface area contributed by atoms with Gasteiger partial charge >= 0.3 is 0 Å². The number of nitrogens with one attached hydrogen (secondary N) is 1. The van der Waals surface area contributed by atoms with E-state index in [1.807, 2.05) is 68.4 Å². The SMILES string of the molecule is Cc1nn([C@@H](C)C(=O)NCc2ccccc2)c2ccccc12. The van der Waals surface area contributed by atoms with Gasteiger partial charge in [-0.2, -0.15) is 5.10 Å². The van der Waals surface area contributed by atoms with Crippen LogP contribution in [0.25, 0.3) is 10.9 Å². The first-order valence-electron chi connectivity index (χ1n) is 7.42. The minimum atomic E-state index is -0.345. The Balaban J connectivity index is 1.77. The summed E-state index contributed by atoms with van der Waals surface area (Å²) in [5.41, 5.74) is 3.02. The van der Waals surface area contributed by atoms with Gasteiger partial charge in [0.05, 0.1) is 11.2 Å². The molecule has 1 atom stereocenters. The molecule has 0 saturated heterocycles. The Hall–Kier alpha value is -2.62. The highest BCUT2D eigenvalue weighted by molar-refractivity contribution is 5.86. The van der Waals surface area contributed by atoms with Gasteiger partial charge < -0.3 is 5.32 Å². The fourth-order valence-corrected chi connectivity index (χ4v) is 2.59. The van der Waals surface area contributed by atoms with Crippen LogP contribution in [0.5, 0.6) is 0 Å². The van der Waals surface area contributed by atoms with Crippen LogP contribution in [0.4, 0.5) is 0 Å². The topological polar surface area (TPSA) is 46.9 Å². The predicted molar refractivity (Wildman–Crippen MR) is 87.5 cm³/mol. The first-order chi connectivity index (χ1) is 10.7. The lowest BCUT2D eigenvalue weighted by atomic mass is 10.2. The summed E-state index contributed by atoms with van der Waals surface area (Å²) in [6.45, 7) is 4.37. The number of nitrogens with zero attached hydrogens (tertiary/aromatic N) is 2. The number of hydrogen-bond acceptors (Lipinski definition) is 2. The number of fused-ring (bicyclic) bond motifs is 1. The maximum Gasteiger partial charge on any atom is 0.244 e. The Morgan fingerprint density at radius 1 is 1.14 bits per heavy atom. The minimum Gasteiger partial charge on any atom is -0.350 e. The number of carbonyl (C=O) groups excluding carboxylic acids is 1. The van der Waals surface area contributed by atoms with Crippen LogP contribution in [-0.2, 0) is 11.3 Å². The van der Waals surface area contributed by atoms with Gasteiger partial charge in [-0.15, -0.1) is 0 Å². The fourth-order valence-electron chi connectivity index (χ4n) is 2.59. The summed E-state index contributed by atoms with van der Waals surface area (Å²) in [7, 11) is 0. The summed E-state index contributed by atoms with van der Waals surface area (Å²) in [5, 5.41) is 8.58. The van der Waals surface area contributed by atoms with E-state index in [2.05, 4.69) is 10.4 Å². The van der Waals surface area contributed by atoms with Crippen molar-refractivity contribution in [3.8, 4) is 0 Å². The van der Waals surface area contributed by atoms with Crippen LogP contribution in [0.2, 0.25) is 0 Å². The number of amides is 1. The van der Waals surface area contributed by atoms with Gasteiger partial charge in [-0.05, 0) is 25.5 Å². The standard InChI is InChI=1S/C18H19N3O/c1-13-16-10-6-7-11-17(16)21(20-13)14(2)18(22)19-12-15-8-4-3-5-9-15/h3-11,14H,12H2,1-2H3,(H,19,22)/t14-/m0/s1. The zero-order chi connectivity index (χ0) is 15.5. The Bertz CT molecular complexity index is 792. The van der Waals surface area contributed by atoms with Gasteiger partial charge in [0, 0.05) is 11.9 Å². The summed E-state index contributed by atoms with van der Waals surface area (Å²) >= 11 is 0. The molecule has 4 heteroatoms. The number of aromatic nitrogens is 2. The van der Waals surface area contributed by atoms with Gasteiger partial charge in [-0.1, -0.05) is 48.5 Å². The molecular weight excluding hydrogens is 274 g/mol. The molecule has 0 spiro atoms. The lowest BCUT2D eigenvalue weighted by Crippen LogP contribution is -2.31. The van der Waals surface area contributed by atoms with Crippen LogP contribution >= 0.6 is 0 Å². The normalized spacial score (nSPS) is 12.3. The molecule has 0 aliphatic carbocycles. The van der Waals surface area contributed by atoms with Crippen molar-refractivity contribution < 1.29 is 4.79 Å². The van der Waals surface area contributed by atoms with E-state index in [4.69, 9.17) is 0 Å². The molecule has 0 radical (unpaired) electrons. The first-order valence-corrected chi connectivity index (χ1v) is 7.42. The highest BCUT2D eigenvalue weighted by atomic mass is 16.2. The van der Waals surface area contributed by atoms with E-state index in [1.54, 1.807) is 4.68 Å². The average Bonchev–Trinajstić information content (AvgIpc) is 2.90. The van der Waals surface area contributed by atoms with Crippen LogP contribution in [-0.4, -0.2) is 15.7 Å². The van der Waals surface area contributed by atoms with Crippen molar-refractivity contribution in [3.05, 3.63) is 65.9 Å². The van der Waals surface area contributed by atoms with Crippen LogP contribution in [0, 0.1) is 6.92 Å². The van der Waals surface area contributed by atoms with Crippen LogP contribution in [0.1, 0.15) is 24.2 Å². The van der Waals surface area contributed by atoms with E-state index in [0.29, 0.717) is 6.54 Å². The van der Waals surface area contributed by atoms with Crippen molar-refractivity contribution in [1.82, 2.24) is 15.1 Å². The second-order valence-corrected chi connectivity index (χ2v) is 5.43. The molecule has 0 unspecified atom stereocenters. The van der Waals surface area contributed by atoms with Gasteiger partial charge in [0.15, 0.2) is 0 Å². The molecule has 0 aliphatic rings. The average molecular weight is 293 g/mol. The molecule has 0 bridgehead atoms. The number of aryl methyl sites for hydroxylation is 1. The van der Waals surface area contributed by atoms with E-state index in [-0.39, 0.29) is 11.9 Å². The highest BCUT2D eigenvalue weighted by Crippen LogP contribution is 2.21. The summed E-state index contributed by atoms with van der Waals surface area (Å²) in [6, 6.07) is 17.5. The number of carbonyl (C=O) groups is 1. The Kier molecular flexibility index (Phi) is 3.92. The maximum atomic E-state index is 12.4. The second kappa shape index (κ2) is 6.02. The van der Waals surface area contributed by atoms with E-state index >= 15 is 0 Å². The van der Waals surface area contributed by atoms with Gasteiger partial charge in [0.2, 0.25) is 5.91 Å². The second-order valence-electron chi connectivity index (χ2n) is 5.43. The van der Waals surface area contributed by atoms with Gasteiger partial charge in [-0.3, -0.25) is 9.48 Å². The summed E-state index contributed by atoms with van der Waals surface area (Å²) in [5.74, 6) is -0.0305. The molecule has 4 nitrogen and oxygen atoms in total. The van der Waals surface area contributed by atoms with E-state index in [0.717, 1.165) is 22.2 Å². The largest absolute Gasteiger partial charge is 0.350 e. The molecule has 0 fully saturated rings. The molecule has 112 valence electrons. The van der Waals surface area contributed by atoms with E-state index in [9.17, 15) is 4.79 Å². The van der Waals surface area contributed by atoms with Crippen LogP contribution in [0.15, 0.2) is 54.6 Å². The molecule has 1 aromatic heterocycles. The third-order valence-corrected chi connectivity index (χ3v) is 3.85. The lowest BCUT2D eigenvalue weighted by Gasteiger charge is -2.14. The molecule has 1 heterocycles. The zero-order valence-electron chi connectivity index (χ0n) is 12.8. The third kappa shape index (κ3) is 2.72.